The molecule has 2 amide bonds. The van der Waals surface area contributed by atoms with Gasteiger partial charge in [-0.05, 0) is 17.7 Å². The molecule has 0 fully saturated rings. The Kier molecular flexibility index (Phi) is 5.40. The third kappa shape index (κ3) is 4.47. The minimum atomic E-state index is -0.910. The first-order valence-electron chi connectivity index (χ1n) is 6.77. The normalized spacial score (nSPS) is 12.2. The number of aliphatic hydroxyl groups is 1. The first-order chi connectivity index (χ1) is 10.5. The standard InChI is InChI=1S/C14H17FN4O2S/c1-8(2)12-18-19-14(22-12)17-13(21)16-7-11(20)9-3-5-10(15)6-4-9/h3-6,8,11,20H,7H2,1-2H3,(H2,16,17,19,21). The van der Waals surface area contributed by atoms with Crippen molar-refractivity contribution in [3.63, 3.8) is 0 Å². The Morgan fingerprint density at radius 1 is 1.32 bits per heavy atom. The van der Waals surface area contributed by atoms with Crippen LogP contribution in [0.1, 0.15) is 36.4 Å². The lowest BCUT2D eigenvalue weighted by molar-refractivity contribution is 0.175. The number of carbonyl (C=O) groups is 1. The Bertz CT molecular complexity index is 630. The maximum atomic E-state index is 12.8. The Hall–Kier alpha value is -2.06. The second kappa shape index (κ2) is 7.28. The predicted molar refractivity (Wildman–Crippen MR) is 82.4 cm³/mol. The highest BCUT2D eigenvalue weighted by molar-refractivity contribution is 7.15. The molecular weight excluding hydrogens is 307 g/mol. The van der Waals surface area contributed by atoms with Gasteiger partial charge in [0.05, 0.1) is 6.10 Å². The predicted octanol–water partition coefficient (Wildman–Crippen LogP) is 2.66. The first kappa shape index (κ1) is 16.3. The van der Waals surface area contributed by atoms with Crippen molar-refractivity contribution in [2.45, 2.75) is 25.9 Å². The van der Waals surface area contributed by atoms with Gasteiger partial charge in [-0.25, -0.2) is 9.18 Å². The van der Waals surface area contributed by atoms with Crippen molar-refractivity contribution in [2.24, 2.45) is 0 Å². The van der Waals surface area contributed by atoms with Gasteiger partial charge in [-0.1, -0.05) is 37.3 Å². The highest BCUT2D eigenvalue weighted by Crippen LogP contribution is 2.22. The average Bonchev–Trinajstić information content (AvgIpc) is 2.94. The summed E-state index contributed by atoms with van der Waals surface area (Å²) in [6, 6.07) is 4.98. The number of nitrogens with one attached hydrogen (secondary N) is 2. The lowest BCUT2D eigenvalue weighted by atomic mass is 10.1. The molecule has 8 heteroatoms. The summed E-state index contributed by atoms with van der Waals surface area (Å²) < 4.78 is 12.8. The second-order valence-electron chi connectivity index (χ2n) is 5.00. The van der Waals surface area contributed by atoms with Gasteiger partial charge in [0.15, 0.2) is 0 Å². The van der Waals surface area contributed by atoms with Crippen molar-refractivity contribution in [2.75, 3.05) is 11.9 Å². The Morgan fingerprint density at radius 2 is 2.00 bits per heavy atom. The topological polar surface area (TPSA) is 87.1 Å². The number of anilines is 1. The largest absolute Gasteiger partial charge is 0.387 e. The Labute approximate surface area is 131 Å². The van der Waals surface area contributed by atoms with E-state index in [2.05, 4.69) is 20.8 Å². The molecule has 0 saturated carbocycles. The molecular formula is C14H17FN4O2S. The van der Waals surface area contributed by atoms with E-state index in [1.165, 1.54) is 35.6 Å². The maximum Gasteiger partial charge on any atom is 0.321 e. The van der Waals surface area contributed by atoms with Crippen LogP contribution in [0.5, 0.6) is 0 Å². The number of urea groups is 1. The fourth-order valence-electron chi connectivity index (χ4n) is 1.65. The highest BCUT2D eigenvalue weighted by atomic mass is 32.1. The van der Waals surface area contributed by atoms with Crippen LogP contribution in [0.15, 0.2) is 24.3 Å². The molecule has 1 atom stereocenters. The molecule has 2 aromatic rings. The monoisotopic (exact) mass is 324 g/mol. The van der Waals surface area contributed by atoms with Gasteiger partial charge in [0, 0.05) is 12.5 Å². The molecule has 0 radical (unpaired) electrons. The van der Waals surface area contributed by atoms with Crippen LogP contribution in [0, 0.1) is 5.82 Å². The molecule has 1 aromatic carbocycles. The smallest absolute Gasteiger partial charge is 0.321 e. The summed E-state index contributed by atoms with van der Waals surface area (Å²) in [6.07, 6.45) is -0.910. The van der Waals surface area contributed by atoms with E-state index in [1.807, 2.05) is 13.8 Å². The molecule has 3 N–H and O–H groups in total. The second-order valence-corrected chi connectivity index (χ2v) is 6.01. The third-order valence-electron chi connectivity index (χ3n) is 2.87. The minimum Gasteiger partial charge on any atom is -0.387 e. The zero-order valence-electron chi connectivity index (χ0n) is 12.2. The molecule has 0 bridgehead atoms. The molecule has 1 heterocycles. The summed E-state index contributed by atoms with van der Waals surface area (Å²) >= 11 is 1.30. The highest BCUT2D eigenvalue weighted by Gasteiger charge is 2.12. The van der Waals surface area contributed by atoms with Gasteiger partial charge in [0.25, 0.3) is 0 Å². The summed E-state index contributed by atoms with van der Waals surface area (Å²) in [5, 5.41) is 24.1. The van der Waals surface area contributed by atoms with E-state index in [9.17, 15) is 14.3 Å². The number of benzene rings is 1. The summed E-state index contributed by atoms with van der Waals surface area (Å²) in [6.45, 7) is 3.99. The van der Waals surface area contributed by atoms with Crippen molar-refractivity contribution in [3.8, 4) is 0 Å². The van der Waals surface area contributed by atoms with Gasteiger partial charge in [-0.2, -0.15) is 0 Å². The quantitative estimate of drug-likeness (QED) is 0.789. The summed E-state index contributed by atoms with van der Waals surface area (Å²) in [5.41, 5.74) is 0.528. The Morgan fingerprint density at radius 3 is 2.59 bits per heavy atom. The van der Waals surface area contributed by atoms with E-state index in [4.69, 9.17) is 0 Å². The number of rotatable bonds is 5. The number of aliphatic hydroxyl groups excluding tert-OH is 1. The number of halogens is 1. The lowest BCUT2D eigenvalue weighted by Crippen LogP contribution is -2.32. The molecule has 118 valence electrons. The molecule has 6 nitrogen and oxygen atoms in total. The zero-order chi connectivity index (χ0) is 16.1. The van der Waals surface area contributed by atoms with Gasteiger partial charge in [0.1, 0.15) is 10.8 Å². The fraction of sp³-hybridized carbons (Fsp3) is 0.357. The zero-order valence-corrected chi connectivity index (χ0v) is 13.0. The van der Waals surface area contributed by atoms with Gasteiger partial charge in [0.2, 0.25) is 5.13 Å². The molecule has 1 unspecified atom stereocenters. The van der Waals surface area contributed by atoms with Crippen molar-refractivity contribution >= 4 is 22.5 Å². The van der Waals surface area contributed by atoms with E-state index in [0.29, 0.717) is 10.7 Å². The molecule has 2 rings (SSSR count). The van der Waals surface area contributed by atoms with Crippen molar-refractivity contribution in [1.82, 2.24) is 15.5 Å². The van der Waals surface area contributed by atoms with Crippen LogP contribution in [-0.2, 0) is 0 Å². The lowest BCUT2D eigenvalue weighted by Gasteiger charge is -2.12. The average molecular weight is 324 g/mol. The Balaban J connectivity index is 1.83. The number of aromatic nitrogens is 2. The number of hydrogen-bond donors (Lipinski definition) is 3. The third-order valence-corrected chi connectivity index (χ3v) is 4.00. The van der Waals surface area contributed by atoms with E-state index in [1.54, 1.807) is 0 Å². The number of hydrogen-bond acceptors (Lipinski definition) is 5. The van der Waals surface area contributed by atoms with Crippen LogP contribution in [-0.4, -0.2) is 27.9 Å². The van der Waals surface area contributed by atoms with Crippen LogP contribution < -0.4 is 10.6 Å². The summed E-state index contributed by atoms with van der Waals surface area (Å²) in [4.78, 5) is 11.7. The molecule has 0 saturated heterocycles. The van der Waals surface area contributed by atoms with Gasteiger partial charge >= 0.3 is 6.03 Å². The van der Waals surface area contributed by atoms with E-state index in [-0.39, 0.29) is 18.3 Å². The van der Waals surface area contributed by atoms with Crippen LogP contribution in [0.2, 0.25) is 0 Å². The number of nitrogens with zero attached hydrogens (tertiary/aromatic N) is 2. The summed E-state index contributed by atoms with van der Waals surface area (Å²) in [7, 11) is 0. The van der Waals surface area contributed by atoms with E-state index < -0.39 is 12.1 Å². The van der Waals surface area contributed by atoms with Crippen molar-refractivity contribution < 1.29 is 14.3 Å². The molecule has 0 aliphatic heterocycles. The molecule has 1 aromatic heterocycles. The van der Waals surface area contributed by atoms with Gasteiger partial charge in [-0.3, -0.25) is 5.32 Å². The van der Waals surface area contributed by atoms with Gasteiger partial charge in [-0.15, -0.1) is 10.2 Å². The number of amides is 2. The molecule has 0 aliphatic rings. The van der Waals surface area contributed by atoms with Crippen molar-refractivity contribution in [1.29, 1.82) is 0 Å². The fourth-order valence-corrected chi connectivity index (χ4v) is 2.39. The number of carbonyl (C=O) groups excluding carboxylic acids is 1. The maximum absolute atomic E-state index is 12.8. The first-order valence-corrected chi connectivity index (χ1v) is 7.59. The molecule has 0 aliphatic carbocycles. The summed E-state index contributed by atoms with van der Waals surface area (Å²) in [5.74, 6) is -0.129. The van der Waals surface area contributed by atoms with Gasteiger partial charge < -0.3 is 10.4 Å². The van der Waals surface area contributed by atoms with Crippen LogP contribution in [0.25, 0.3) is 0 Å². The molecule has 0 spiro atoms. The van der Waals surface area contributed by atoms with Crippen LogP contribution in [0.4, 0.5) is 14.3 Å². The van der Waals surface area contributed by atoms with Crippen LogP contribution in [0.3, 0.4) is 0 Å². The van der Waals surface area contributed by atoms with E-state index >= 15 is 0 Å². The SMILES string of the molecule is CC(C)c1nnc(NC(=O)NCC(O)c2ccc(F)cc2)s1. The van der Waals surface area contributed by atoms with E-state index in [0.717, 1.165) is 5.01 Å². The van der Waals surface area contributed by atoms with Crippen molar-refractivity contribution in [3.05, 3.63) is 40.7 Å². The van der Waals surface area contributed by atoms with Crippen LogP contribution >= 0.6 is 11.3 Å². The molecule has 22 heavy (non-hydrogen) atoms. The minimum absolute atomic E-state index is 0.00725.